The topological polar surface area (TPSA) is 42.0 Å². The summed E-state index contributed by atoms with van der Waals surface area (Å²) in [6.45, 7) is 7.90. The zero-order chi connectivity index (χ0) is 16.5. The van der Waals surface area contributed by atoms with Gasteiger partial charge in [0.15, 0.2) is 0 Å². The van der Waals surface area contributed by atoms with Gasteiger partial charge in [0.2, 0.25) is 0 Å². The smallest absolute Gasteiger partial charge is 0.129 e. The predicted molar refractivity (Wildman–Crippen MR) is 95.8 cm³/mol. The van der Waals surface area contributed by atoms with E-state index in [-0.39, 0.29) is 10.8 Å². The molecule has 120 valence electrons. The molecule has 0 saturated heterocycles. The van der Waals surface area contributed by atoms with Crippen LogP contribution < -0.4 is 4.72 Å². The van der Waals surface area contributed by atoms with Gasteiger partial charge < -0.3 is 0 Å². The van der Waals surface area contributed by atoms with Crippen molar-refractivity contribution in [1.29, 1.82) is 0 Å². The van der Waals surface area contributed by atoms with E-state index in [0.717, 1.165) is 22.8 Å². The average Bonchev–Trinajstić information content (AvgIpc) is 2.44. The summed E-state index contributed by atoms with van der Waals surface area (Å²) >= 11 is 12.3. The third-order valence-electron chi connectivity index (χ3n) is 3.44. The lowest BCUT2D eigenvalue weighted by atomic mass is 9.99. The quantitative estimate of drug-likeness (QED) is 0.777. The Balaban J connectivity index is 2.50. The van der Waals surface area contributed by atoms with E-state index >= 15 is 0 Å². The molecule has 0 aliphatic carbocycles. The first-order chi connectivity index (χ1) is 10.2. The first-order valence-electron chi connectivity index (χ1n) is 7.15. The van der Waals surface area contributed by atoms with Crippen LogP contribution in [0, 0.1) is 0 Å². The molecule has 0 aliphatic rings. The molecule has 1 unspecified atom stereocenters. The van der Waals surface area contributed by atoms with Crippen molar-refractivity contribution in [1.82, 2.24) is 9.71 Å². The van der Waals surface area contributed by atoms with Gasteiger partial charge in [-0.3, -0.25) is 0 Å². The maximum Gasteiger partial charge on any atom is 0.129 e. The van der Waals surface area contributed by atoms with Crippen molar-refractivity contribution in [3.05, 3.63) is 40.1 Å². The molecule has 1 N–H and O–H groups in total. The van der Waals surface area contributed by atoms with Crippen molar-refractivity contribution in [2.45, 2.75) is 44.9 Å². The van der Waals surface area contributed by atoms with Crippen molar-refractivity contribution < 1.29 is 4.21 Å². The van der Waals surface area contributed by atoms with Crippen LogP contribution in [0.3, 0.4) is 0 Å². The molecule has 2 rings (SSSR count). The SMILES string of the molecule is CC[C@H](NS(=O)C(C)(C)C)c1ccc(Cl)c2cnc(Cl)cc12. The number of benzene rings is 1. The number of fused-ring (bicyclic) bond motifs is 1. The second-order valence-corrected chi connectivity index (χ2v) is 8.94. The van der Waals surface area contributed by atoms with Crippen LogP contribution in [0.5, 0.6) is 0 Å². The number of nitrogens with one attached hydrogen (secondary N) is 1. The molecule has 0 fully saturated rings. The zero-order valence-corrected chi connectivity index (χ0v) is 15.4. The summed E-state index contributed by atoms with van der Waals surface area (Å²) in [7, 11) is -1.15. The van der Waals surface area contributed by atoms with Gasteiger partial charge in [-0.2, -0.15) is 0 Å². The molecular weight excluding hydrogens is 339 g/mol. The Hall–Kier alpha value is -0.680. The lowest BCUT2D eigenvalue weighted by molar-refractivity contribution is 0.591. The van der Waals surface area contributed by atoms with E-state index in [2.05, 4.69) is 16.6 Å². The highest BCUT2D eigenvalue weighted by atomic mass is 35.5. The Kier molecular flexibility index (Phi) is 5.49. The van der Waals surface area contributed by atoms with Crippen LogP contribution >= 0.6 is 23.2 Å². The van der Waals surface area contributed by atoms with Crippen LogP contribution in [-0.2, 0) is 11.0 Å². The maximum absolute atomic E-state index is 12.4. The Bertz CT molecular complexity index is 713. The molecule has 1 aromatic carbocycles. The van der Waals surface area contributed by atoms with Gasteiger partial charge in [0.1, 0.15) is 5.15 Å². The van der Waals surface area contributed by atoms with E-state index in [1.807, 2.05) is 39.0 Å². The summed E-state index contributed by atoms with van der Waals surface area (Å²) in [5.74, 6) is 0. The highest BCUT2D eigenvalue weighted by molar-refractivity contribution is 7.84. The van der Waals surface area contributed by atoms with Gasteiger partial charge in [-0.05, 0) is 50.3 Å². The predicted octanol–water partition coefficient (Wildman–Crippen LogP) is 5.04. The van der Waals surface area contributed by atoms with Gasteiger partial charge in [0, 0.05) is 22.6 Å². The van der Waals surface area contributed by atoms with Gasteiger partial charge in [-0.1, -0.05) is 36.2 Å². The molecule has 22 heavy (non-hydrogen) atoms. The van der Waals surface area contributed by atoms with Gasteiger partial charge in [0.05, 0.1) is 15.7 Å². The van der Waals surface area contributed by atoms with E-state index in [9.17, 15) is 4.21 Å². The number of pyridine rings is 1. The van der Waals surface area contributed by atoms with Gasteiger partial charge >= 0.3 is 0 Å². The number of rotatable bonds is 4. The summed E-state index contributed by atoms with van der Waals surface area (Å²) in [5, 5.41) is 2.85. The zero-order valence-electron chi connectivity index (χ0n) is 13.1. The molecule has 0 amide bonds. The van der Waals surface area contributed by atoms with E-state index in [1.165, 1.54) is 0 Å². The number of nitrogens with zero attached hydrogens (tertiary/aromatic N) is 1. The minimum absolute atomic E-state index is 0.0432. The average molecular weight is 359 g/mol. The molecule has 1 aromatic heterocycles. The Labute approximate surface area is 144 Å². The first-order valence-corrected chi connectivity index (χ1v) is 9.06. The summed E-state index contributed by atoms with van der Waals surface area (Å²) in [5.41, 5.74) is 1.03. The van der Waals surface area contributed by atoms with Crippen molar-refractivity contribution in [3.63, 3.8) is 0 Å². The second kappa shape index (κ2) is 6.83. The lowest BCUT2D eigenvalue weighted by Crippen LogP contribution is -2.35. The Morgan fingerprint density at radius 1 is 1.27 bits per heavy atom. The van der Waals surface area contributed by atoms with E-state index in [1.54, 1.807) is 6.20 Å². The van der Waals surface area contributed by atoms with Gasteiger partial charge in [-0.25, -0.2) is 13.9 Å². The first kappa shape index (κ1) is 17.7. The largest absolute Gasteiger partial charge is 0.244 e. The van der Waals surface area contributed by atoms with E-state index in [4.69, 9.17) is 23.2 Å². The Morgan fingerprint density at radius 3 is 2.55 bits per heavy atom. The fourth-order valence-corrected chi connectivity index (χ4v) is 3.46. The van der Waals surface area contributed by atoms with Crippen LogP contribution in [0.2, 0.25) is 10.2 Å². The van der Waals surface area contributed by atoms with E-state index in [0.29, 0.717) is 10.2 Å². The molecule has 0 aliphatic heterocycles. The maximum atomic E-state index is 12.4. The van der Waals surface area contributed by atoms with Crippen LogP contribution in [0.15, 0.2) is 24.4 Å². The molecule has 0 saturated carbocycles. The molecule has 0 radical (unpaired) electrons. The third-order valence-corrected chi connectivity index (χ3v) is 5.58. The summed E-state index contributed by atoms with van der Waals surface area (Å²) in [6, 6.07) is 5.57. The molecule has 1 heterocycles. The van der Waals surface area contributed by atoms with Crippen molar-refractivity contribution >= 4 is 45.0 Å². The number of hydrogen-bond donors (Lipinski definition) is 1. The molecular formula is C16H20Cl2N2OS. The molecule has 6 heteroatoms. The highest BCUT2D eigenvalue weighted by Gasteiger charge is 2.24. The number of aromatic nitrogens is 1. The Morgan fingerprint density at radius 2 is 1.95 bits per heavy atom. The van der Waals surface area contributed by atoms with Crippen LogP contribution in [0.25, 0.3) is 10.8 Å². The molecule has 2 atom stereocenters. The van der Waals surface area contributed by atoms with Crippen LogP contribution in [0.4, 0.5) is 0 Å². The van der Waals surface area contributed by atoms with Crippen LogP contribution in [-0.4, -0.2) is 13.9 Å². The standard InChI is InChI=1S/C16H20Cl2N2OS/c1-5-14(20-22(21)16(2,3)4)10-6-7-13(17)12-9-19-15(18)8-11(10)12/h6-9,14,20H,5H2,1-4H3/t14-,22?/m0/s1. The van der Waals surface area contributed by atoms with Crippen LogP contribution in [0.1, 0.15) is 45.7 Å². The monoisotopic (exact) mass is 358 g/mol. The summed E-state index contributed by atoms with van der Waals surface area (Å²) in [6.07, 6.45) is 2.48. The highest BCUT2D eigenvalue weighted by Crippen LogP contribution is 2.32. The van der Waals surface area contributed by atoms with Crippen molar-refractivity contribution in [2.24, 2.45) is 0 Å². The molecule has 0 bridgehead atoms. The van der Waals surface area contributed by atoms with Crippen molar-refractivity contribution in [2.75, 3.05) is 0 Å². The molecule has 2 aromatic rings. The minimum Gasteiger partial charge on any atom is -0.244 e. The number of halogens is 2. The molecule has 3 nitrogen and oxygen atoms in total. The lowest BCUT2D eigenvalue weighted by Gasteiger charge is -2.24. The van der Waals surface area contributed by atoms with Gasteiger partial charge in [0.25, 0.3) is 0 Å². The van der Waals surface area contributed by atoms with Gasteiger partial charge in [-0.15, -0.1) is 0 Å². The third kappa shape index (κ3) is 3.80. The van der Waals surface area contributed by atoms with Crippen molar-refractivity contribution in [3.8, 4) is 0 Å². The summed E-state index contributed by atoms with van der Waals surface area (Å²) in [4.78, 5) is 4.10. The molecule has 0 spiro atoms. The second-order valence-electron chi connectivity index (χ2n) is 6.15. The summed E-state index contributed by atoms with van der Waals surface area (Å²) < 4.78 is 15.3. The normalized spacial score (nSPS) is 15.0. The number of hydrogen-bond acceptors (Lipinski definition) is 2. The fourth-order valence-electron chi connectivity index (χ4n) is 2.18. The minimum atomic E-state index is -1.15. The van der Waals surface area contributed by atoms with E-state index < -0.39 is 11.0 Å². The fraction of sp³-hybridized carbons (Fsp3) is 0.438.